The number of carbonyl (C=O) groups excluding carboxylic acids is 3. The van der Waals surface area contributed by atoms with Crippen LogP contribution in [-0.2, 0) is 65.7 Å². The Labute approximate surface area is 466 Å². The number of ketones is 1. The summed E-state index contributed by atoms with van der Waals surface area (Å²) in [7, 11) is -7.66. The van der Waals surface area contributed by atoms with Crippen LogP contribution in [0.5, 0.6) is 0 Å². The molecule has 0 bridgehead atoms. The maximum atomic E-state index is 14.0. The molecule has 2 aliphatic heterocycles. The van der Waals surface area contributed by atoms with E-state index in [1.54, 1.807) is 7.11 Å². The van der Waals surface area contributed by atoms with Gasteiger partial charge >= 0.3 is 15.6 Å². The van der Waals surface area contributed by atoms with E-state index in [9.17, 15) is 48.2 Å². The van der Waals surface area contributed by atoms with Gasteiger partial charge in [-0.3, -0.25) is 23.4 Å². The lowest BCUT2D eigenvalue weighted by Crippen LogP contribution is -2.67. The van der Waals surface area contributed by atoms with Gasteiger partial charge < -0.3 is 68.5 Å². The van der Waals surface area contributed by atoms with Crippen LogP contribution in [0.4, 0.5) is 0 Å². The Hall–Kier alpha value is -1.75. The third-order valence-electron chi connectivity index (χ3n) is 14.1. The van der Waals surface area contributed by atoms with Gasteiger partial charge in [0.25, 0.3) is 0 Å². The number of aliphatic hydroxyl groups excluding tert-OH is 1. The number of methoxy groups -OCH3 is 2. The zero-order chi connectivity index (χ0) is 57.6. The molecule has 0 radical (unpaired) electrons. The number of Topliss-reactive ketones (excluding diaryl/α,β-unsaturated/α-hetero) is 1. The molecule has 458 valence electrons. The molecule has 0 saturated carbocycles. The average molecular weight is 1160 g/mol. The second kappa shape index (κ2) is 43.0. The van der Waals surface area contributed by atoms with E-state index in [-0.39, 0.29) is 32.3 Å². The van der Waals surface area contributed by atoms with Gasteiger partial charge in [0.15, 0.2) is 12.6 Å². The van der Waals surface area contributed by atoms with Crippen molar-refractivity contribution in [2.75, 3.05) is 40.6 Å². The Kier molecular flexibility index (Phi) is 39.9. The fourth-order valence-corrected chi connectivity index (χ4v) is 10.9. The molecule has 11 atom stereocenters. The molecule has 2 amide bonds. The lowest BCUT2D eigenvalue weighted by atomic mass is 9.95. The van der Waals surface area contributed by atoms with Gasteiger partial charge in [0.1, 0.15) is 54.5 Å². The highest BCUT2D eigenvalue weighted by atomic mass is 31.2. The van der Waals surface area contributed by atoms with Gasteiger partial charge in [-0.2, -0.15) is 0 Å². The first-order chi connectivity index (χ1) is 37.4. The third kappa shape index (κ3) is 32.8. The Bertz CT molecular complexity index is 1710. The topological polar surface area (TPSA) is 294 Å². The molecule has 7 N–H and O–H groups in total. The van der Waals surface area contributed by atoms with E-state index < -0.39 is 108 Å². The van der Waals surface area contributed by atoms with E-state index in [1.165, 1.54) is 39.7 Å². The van der Waals surface area contributed by atoms with Crippen LogP contribution in [0.25, 0.3) is 0 Å². The molecule has 2 heterocycles. The van der Waals surface area contributed by atoms with Crippen LogP contribution in [0.1, 0.15) is 214 Å². The van der Waals surface area contributed by atoms with Gasteiger partial charge in [-0.25, -0.2) is 9.13 Å². The smallest absolute Gasteiger partial charge is 0.388 e. The maximum Gasteiger partial charge on any atom is 0.472 e. The SMILES string of the molecule is CCCCCC/C=C/CCCCCCCCCC(=O)NC1C(OCC2OC(OP(=O)(O)O)C(NC(=O)CC(C)=O)C(OCCCCCCCCC)C2O)OC(COC)C(OP(=O)(O)O)C1OCCC(CCCCCCC)OC. The first-order valence-corrected chi connectivity index (χ1v) is 32.5. The molecule has 0 spiro atoms. The molecular formula is C55H104N2O19P2. The summed E-state index contributed by atoms with van der Waals surface area (Å²) < 4.78 is 78.1. The minimum atomic E-state index is -5.36. The van der Waals surface area contributed by atoms with Crippen molar-refractivity contribution in [3.8, 4) is 0 Å². The highest BCUT2D eigenvalue weighted by molar-refractivity contribution is 7.46. The Balaban J connectivity index is 2.43. The van der Waals surface area contributed by atoms with Gasteiger partial charge in [-0.15, -0.1) is 0 Å². The normalized spacial score (nSPS) is 24.4. The van der Waals surface area contributed by atoms with Crippen molar-refractivity contribution in [1.29, 1.82) is 0 Å². The van der Waals surface area contributed by atoms with Crippen molar-refractivity contribution >= 4 is 33.2 Å². The highest BCUT2D eigenvalue weighted by Gasteiger charge is 2.53. The number of allylic oxidation sites excluding steroid dienone is 2. The summed E-state index contributed by atoms with van der Waals surface area (Å²) in [6.07, 6.45) is 18.6. The van der Waals surface area contributed by atoms with E-state index in [2.05, 4.69) is 43.6 Å². The predicted molar refractivity (Wildman–Crippen MR) is 296 cm³/mol. The van der Waals surface area contributed by atoms with Crippen LogP contribution in [0.15, 0.2) is 12.2 Å². The van der Waals surface area contributed by atoms with Crippen LogP contribution in [-0.4, -0.2) is 150 Å². The molecule has 2 aliphatic rings. The second-order valence-corrected chi connectivity index (χ2v) is 23.4. The maximum absolute atomic E-state index is 14.0. The summed E-state index contributed by atoms with van der Waals surface area (Å²) in [5.41, 5.74) is 0. The van der Waals surface area contributed by atoms with Crippen molar-refractivity contribution < 1.29 is 90.4 Å². The van der Waals surface area contributed by atoms with Crippen molar-refractivity contribution in [3.63, 3.8) is 0 Å². The monoisotopic (exact) mass is 1160 g/mol. The lowest BCUT2D eigenvalue weighted by Gasteiger charge is -2.47. The molecular weight excluding hydrogens is 1050 g/mol. The quantitative estimate of drug-likeness (QED) is 0.0129. The van der Waals surface area contributed by atoms with Gasteiger partial charge in [0.05, 0.1) is 25.7 Å². The Morgan fingerprint density at radius 3 is 1.62 bits per heavy atom. The summed E-state index contributed by atoms with van der Waals surface area (Å²) in [6, 6.07) is -2.83. The van der Waals surface area contributed by atoms with Crippen LogP contribution < -0.4 is 10.6 Å². The fourth-order valence-electron chi connectivity index (χ4n) is 9.85. The fraction of sp³-hybridized carbons (Fsp3) is 0.909. The molecule has 0 aromatic rings. The minimum absolute atomic E-state index is 0.00756. The summed E-state index contributed by atoms with van der Waals surface area (Å²) in [6.45, 7) is 6.87. The number of rotatable bonds is 48. The number of aliphatic hydroxyl groups is 1. The van der Waals surface area contributed by atoms with Crippen molar-refractivity contribution in [2.45, 2.75) is 281 Å². The van der Waals surface area contributed by atoms with E-state index in [0.717, 1.165) is 128 Å². The first kappa shape index (κ1) is 72.4. The molecule has 0 aromatic carbocycles. The van der Waals surface area contributed by atoms with Crippen molar-refractivity contribution in [3.05, 3.63) is 12.2 Å². The van der Waals surface area contributed by atoms with Gasteiger partial charge in [-0.1, -0.05) is 155 Å². The van der Waals surface area contributed by atoms with Crippen LogP contribution in [0, 0.1) is 0 Å². The Morgan fingerprint density at radius 2 is 1.05 bits per heavy atom. The average Bonchev–Trinajstić information content (AvgIpc) is 3.41. The van der Waals surface area contributed by atoms with E-state index in [0.29, 0.717) is 19.3 Å². The summed E-state index contributed by atoms with van der Waals surface area (Å²) in [4.78, 5) is 79.5. The highest BCUT2D eigenvalue weighted by Crippen LogP contribution is 2.44. The number of ether oxygens (including phenoxy) is 7. The minimum Gasteiger partial charge on any atom is -0.388 e. The Morgan fingerprint density at radius 1 is 0.551 bits per heavy atom. The van der Waals surface area contributed by atoms with Gasteiger partial charge in [-0.05, 0) is 58.3 Å². The molecule has 2 saturated heterocycles. The number of nitrogens with one attached hydrogen (secondary N) is 2. The standard InChI is InChI=1S/C55H104N2O19P2/c1-7-10-13-16-18-19-20-21-22-23-24-25-26-29-32-35-46(59)56-49-53(71-38-36-43(69-6)34-31-28-15-12-9-3)51(75-77(62,63)64)45(40-68-5)74-54(49)72-41-44-50(61)52(70-37-33-30-27-17-14-11-8-2)48(57-47(60)39-42(4)58)55(73-44)76-78(65,66)67/h19-20,43-45,48-55,61H,7-18,21-41H2,1-6H3,(H,56,59)(H,57,60)(H2,62,63,64)(H2,65,66,67)/b20-19+. The molecule has 0 aliphatic carbocycles. The second-order valence-electron chi connectivity index (χ2n) is 21.1. The molecule has 2 rings (SSSR count). The number of carbonyl (C=O) groups is 3. The largest absolute Gasteiger partial charge is 0.472 e. The summed E-state index contributed by atoms with van der Waals surface area (Å²) in [5.74, 6) is -1.75. The number of unbranched alkanes of at least 4 members (excludes halogenated alkanes) is 21. The van der Waals surface area contributed by atoms with Gasteiger partial charge in [0.2, 0.25) is 11.8 Å². The number of phosphoric ester groups is 2. The van der Waals surface area contributed by atoms with Crippen molar-refractivity contribution in [2.24, 2.45) is 0 Å². The zero-order valence-corrected chi connectivity index (χ0v) is 50.0. The summed E-state index contributed by atoms with van der Waals surface area (Å²) in [5, 5.41) is 17.4. The van der Waals surface area contributed by atoms with Crippen LogP contribution in [0.3, 0.4) is 0 Å². The number of amides is 2. The number of hydrogen-bond donors (Lipinski definition) is 7. The lowest BCUT2D eigenvalue weighted by molar-refractivity contribution is -0.301. The molecule has 78 heavy (non-hydrogen) atoms. The summed E-state index contributed by atoms with van der Waals surface area (Å²) >= 11 is 0. The van der Waals surface area contributed by atoms with Crippen LogP contribution >= 0.6 is 15.6 Å². The molecule has 23 heteroatoms. The van der Waals surface area contributed by atoms with Crippen LogP contribution in [0.2, 0.25) is 0 Å². The van der Waals surface area contributed by atoms with E-state index in [4.69, 9.17) is 42.2 Å². The molecule has 21 nitrogen and oxygen atoms in total. The van der Waals surface area contributed by atoms with E-state index in [1.807, 2.05) is 0 Å². The zero-order valence-electron chi connectivity index (χ0n) is 48.2. The van der Waals surface area contributed by atoms with E-state index >= 15 is 0 Å². The molecule has 2 fully saturated rings. The molecule has 0 aromatic heterocycles. The molecule has 11 unspecified atom stereocenters. The first-order valence-electron chi connectivity index (χ1n) is 29.4. The van der Waals surface area contributed by atoms with Crippen molar-refractivity contribution in [1.82, 2.24) is 10.6 Å². The van der Waals surface area contributed by atoms with Gasteiger partial charge in [0, 0.05) is 33.9 Å². The third-order valence-corrected chi connectivity index (χ3v) is 15.1. The number of phosphoric acid groups is 2. The predicted octanol–water partition coefficient (Wildman–Crippen LogP) is 9.32. The number of hydrogen-bond acceptors (Lipinski definition) is 15.